The number of Topliss-reactive ketones (excluding diaryl/α,β-unsaturated/α-hetero) is 1. The molecule has 0 radical (unpaired) electrons. The Bertz CT molecular complexity index is 323. The molecule has 2 unspecified atom stereocenters. The predicted octanol–water partition coefficient (Wildman–Crippen LogP) is 1.69. The average molecular weight is 191 g/mol. The van der Waals surface area contributed by atoms with Crippen LogP contribution < -0.4 is 0 Å². The first-order valence-electron chi connectivity index (χ1n) is 4.83. The summed E-state index contributed by atoms with van der Waals surface area (Å²) in [6.45, 7) is 2.55. The molecule has 0 bridgehead atoms. The number of rotatable bonds is 2. The van der Waals surface area contributed by atoms with E-state index in [1.54, 1.807) is 24.5 Å². The Hall–Kier alpha value is -1.22. The minimum atomic E-state index is 0.0224. The van der Waals surface area contributed by atoms with Gasteiger partial charge in [0.05, 0.1) is 12.7 Å². The third kappa shape index (κ3) is 1.82. The third-order valence-electron chi connectivity index (χ3n) is 2.52. The Labute approximate surface area is 83.1 Å². The second-order valence-corrected chi connectivity index (χ2v) is 3.68. The molecule has 1 aliphatic rings. The Kier molecular flexibility index (Phi) is 2.59. The van der Waals surface area contributed by atoms with Crippen molar-refractivity contribution >= 4 is 5.78 Å². The van der Waals surface area contributed by atoms with E-state index >= 15 is 0 Å². The SMILES string of the molecule is CC1CC(C(=O)c2cccnc2)CO1. The summed E-state index contributed by atoms with van der Waals surface area (Å²) in [5, 5.41) is 0. The molecule has 0 aromatic carbocycles. The van der Waals surface area contributed by atoms with Crippen LogP contribution in [0.5, 0.6) is 0 Å². The van der Waals surface area contributed by atoms with Gasteiger partial charge >= 0.3 is 0 Å². The van der Waals surface area contributed by atoms with Gasteiger partial charge < -0.3 is 4.74 Å². The summed E-state index contributed by atoms with van der Waals surface area (Å²) in [5.74, 6) is 0.177. The van der Waals surface area contributed by atoms with E-state index in [1.807, 2.05) is 6.92 Å². The zero-order valence-electron chi connectivity index (χ0n) is 8.14. The van der Waals surface area contributed by atoms with Crippen LogP contribution in [-0.2, 0) is 4.74 Å². The molecule has 3 heteroatoms. The maximum absolute atomic E-state index is 11.9. The lowest BCUT2D eigenvalue weighted by Crippen LogP contribution is -2.14. The summed E-state index contributed by atoms with van der Waals surface area (Å²) in [6.07, 6.45) is 4.32. The van der Waals surface area contributed by atoms with Crippen molar-refractivity contribution in [2.24, 2.45) is 5.92 Å². The predicted molar refractivity (Wildman–Crippen MR) is 52.1 cm³/mol. The fraction of sp³-hybridized carbons (Fsp3) is 0.455. The highest BCUT2D eigenvalue weighted by Gasteiger charge is 2.28. The van der Waals surface area contributed by atoms with Crippen molar-refractivity contribution in [2.75, 3.05) is 6.61 Å². The van der Waals surface area contributed by atoms with Crippen molar-refractivity contribution < 1.29 is 9.53 Å². The van der Waals surface area contributed by atoms with Crippen molar-refractivity contribution in [3.05, 3.63) is 30.1 Å². The third-order valence-corrected chi connectivity index (χ3v) is 2.52. The highest BCUT2D eigenvalue weighted by molar-refractivity contribution is 5.97. The molecular formula is C11H13NO2. The van der Waals surface area contributed by atoms with Gasteiger partial charge in [0.2, 0.25) is 0 Å². The highest BCUT2D eigenvalue weighted by Crippen LogP contribution is 2.22. The van der Waals surface area contributed by atoms with E-state index in [0.717, 1.165) is 6.42 Å². The Morgan fingerprint density at radius 1 is 1.64 bits per heavy atom. The molecule has 1 aliphatic heterocycles. The van der Waals surface area contributed by atoms with Crippen molar-refractivity contribution in [1.29, 1.82) is 0 Å². The fourth-order valence-corrected chi connectivity index (χ4v) is 1.74. The first-order valence-corrected chi connectivity index (χ1v) is 4.83. The Balaban J connectivity index is 2.10. The fourth-order valence-electron chi connectivity index (χ4n) is 1.74. The number of ether oxygens (including phenoxy) is 1. The van der Waals surface area contributed by atoms with Gasteiger partial charge in [0.25, 0.3) is 0 Å². The van der Waals surface area contributed by atoms with Crippen LogP contribution in [0.15, 0.2) is 24.5 Å². The zero-order chi connectivity index (χ0) is 9.97. The van der Waals surface area contributed by atoms with Crippen LogP contribution in [0.3, 0.4) is 0 Å². The van der Waals surface area contributed by atoms with E-state index in [4.69, 9.17) is 4.74 Å². The molecule has 0 amide bonds. The van der Waals surface area contributed by atoms with Crippen LogP contribution in [0.25, 0.3) is 0 Å². The van der Waals surface area contributed by atoms with Gasteiger partial charge in [0.1, 0.15) is 0 Å². The summed E-state index contributed by atoms with van der Waals surface area (Å²) >= 11 is 0. The second-order valence-electron chi connectivity index (χ2n) is 3.68. The summed E-state index contributed by atoms with van der Waals surface area (Å²) < 4.78 is 5.37. The van der Waals surface area contributed by atoms with Gasteiger partial charge in [-0.05, 0) is 25.5 Å². The van der Waals surface area contributed by atoms with E-state index in [1.165, 1.54) is 0 Å². The molecule has 1 saturated heterocycles. The molecule has 1 aromatic heterocycles. The van der Waals surface area contributed by atoms with Crippen LogP contribution >= 0.6 is 0 Å². The molecular weight excluding hydrogens is 178 g/mol. The zero-order valence-corrected chi connectivity index (χ0v) is 8.14. The van der Waals surface area contributed by atoms with E-state index in [-0.39, 0.29) is 17.8 Å². The summed E-state index contributed by atoms with van der Waals surface area (Å²) in [4.78, 5) is 15.8. The minimum Gasteiger partial charge on any atom is -0.378 e. The van der Waals surface area contributed by atoms with Gasteiger partial charge in [-0.3, -0.25) is 9.78 Å². The van der Waals surface area contributed by atoms with E-state index in [0.29, 0.717) is 12.2 Å². The number of pyridine rings is 1. The lowest BCUT2D eigenvalue weighted by Gasteiger charge is -2.05. The van der Waals surface area contributed by atoms with E-state index in [2.05, 4.69) is 4.98 Å². The molecule has 1 fully saturated rings. The largest absolute Gasteiger partial charge is 0.378 e. The molecule has 0 aliphatic carbocycles. The number of carbonyl (C=O) groups excluding carboxylic acids is 1. The average Bonchev–Trinajstić information content (AvgIpc) is 2.65. The number of hydrogen-bond acceptors (Lipinski definition) is 3. The molecule has 0 spiro atoms. The minimum absolute atomic E-state index is 0.0224. The van der Waals surface area contributed by atoms with Crippen molar-refractivity contribution in [3.8, 4) is 0 Å². The summed E-state index contributed by atoms with van der Waals surface area (Å²) in [6, 6.07) is 3.59. The normalized spacial score (nSPS) is 26.4. The number of carbonyl (C=O) groups is 1. The molecule has 3 nitrogen and oxygen atoms in total. The maximum atomic E-state index is 11.9. The van der Waals surface area contributed by atoms with Gasteiger partial charge in [-0.25, -0.2) is 0 Å². The second kappa shape index (κ2) is 3.88. The topological polar surface area (TPSA) is 39.2 Å². The number of hydrogen-bond donors (Lipinski definition) is 0. The van der Waals surface area contributed by atoms with Gasteiger partial charge in [-0.15, -0.1) is 0 Å². The Morgan fingerprint density at radius 2 is 2.50 bits per heavy atom. The lowest BCUT2D eigenvalue weighted by molar-refractivity contribution is 0.0877. The monoisotopic (exact) mass is 191 g/mol. The lowest BCUT2D eigenvalue weighted by atomic mass is 9.96. The Morgan fingerprint density at radius 3 is 3.07 bits per heavy atom. The van der Waals surface area contributed by atoms with Crippen LogP contribution in [0.4, 0.5) is 0 Å². The van der Waals surface area contributed by atoms with E-state index in [9.17, 15) is 4.79 Å². The van der Waals surface area contributed by atoms with E-state index < -0.39 is 0 Å². The first-order chi connectivity index (χ1) is 6.77. The van der Waals surface area contributed by atoms with Crippen molar-refractivity contribution in [3.63, 3.8) is 0 Å². The number of nitrogens with zero attached hydrogens (tertiary/aromatic N) is 1. The molecule has 2 atom stereocenters. The van der Waals surface area contributed by atoms with Crippen LogP contribution in [-0.4, -0.2) is 23.5 Å². The van der Waals surface area contributed by atoms with Gasteiger partial charge in [-0.1, -0.05) is 0 Å². The van der Waals surface area contributed by atoms with Crippen LogP contribution in [0.2, 0.25) is 0 Å². The molecule has 2 rings (SSSR count). The molecule has 1 aromatic rings. The van der Waals surface area contributed by atoms with Crippen molar-refractivity contribution in [1.82, 2.24) is 4.98 Å². The van der Waals surface area contributed by atoms with Gasteiger partial charge in [0.15, 0.2) is 5.78 Å². The van der Waals surface area contributed by atoms with Crippen LogP contribution in [0.1, 0.15) is 23.7 Å². The highest BCUT2D eigenvalue weighted by atomic mass is 16.5. The summed E-state index contributed by atoms with van der Waals surface area (Å²) in [5.41, 5.74) is 0.690. The first kappa shape index (κ1) is 9.34. The smallest absolute Gasteiger partial charge is 0.169 e. The van der Waals surface area contributed by atoms with Crippen LogP contribution in [0, 0.1) is 5.92 Å². The summed E-state index contributed by atoms with van der Waals surface area (Å²) in [7, 11) is 0. The standard InChI is InChI=1S/C11H13NO2/c1-8-5-10(7-14-8)11(13)9-3-2-4-12-6-9/h2-4,6,8,10H,5,7H2,1H3. The number of ketones is 1. The van der Waals surface area contributed by atoms with Crippen molar-refractivity contribution in [2.45, 2.75) is 19.4 Å². The molecule has 2 heterocycles. The molecule has 0 N–H and O–H groups in total. The quantitative estimate of drug-likeness (QED) is 0.668. The molecule has 74 valence electrons. The molecule has 0 saturated carbocycles. The molecule has 14 heavy (non-hydrogen) atoms. The maximum Gasteiger partial charge on any atom is 0.169 e. The van der Waals surface area contributed by atoms with Gasteiger partial charge in [0, 0.05) is 23.9 Å². The number of aromatic nitrogens is 1. The van der Waals surface area contributed by atoms with Gasteiger partial charge in [-0.2, -0.15) is 0 Å².